The topological polar surface area (TPSA) is 441 Å². The number of carboxylic acid groups (broad SMARTS) is 9. The van der Waals surface area contributed by atoms with Gasteiger partial charge in [0.2, 0.25) is 0 Å². The largest absolute Gasteiger partial charge is 0.481 e. The lowest BCUT2D eigenvalue weighted by atomic mass is 9.43. The third-order valence-corrected chi connectivity index (χ3v) is 20.0. The van der Waals surface area contributed by atoms with E-state index in [0.717, 1.165) is 51.7 Å². The van der Waals surface area contributed by atoms with Crippen LogP contribution in [0.5, 0.6) is 0 Å². The first-order valence-electron chi connectivity index (χ1n) is 31.2. The van der Waals surface area contributed by atoms with E-state index in [4.69, 9.17) is 14.2 Å². The third-order valence-electron chi connectivity index (χ3n) is 20.0. The fourth-order valence-electron chi connectivity index (χ4n) is 15.6. The molecule has 1 heterocycles. The summed E-state index contributed by atoms with van der Waals surface area (Å²) in [6.45, 7) is 2.77. The van der Waals surface area contributed by atoms with Crippen molar-refractivity contribution in [2.45, 2.75) is 160 Å². The van der Waals surface area contributed by atoms with Gasteiger partial charge in [-0.15, -0.1) is 0 Å². The average molecular weight is 1270 g/mol. The summed E-state index contributed by atoms with van der Waals surface area (Å²) in [5.41, 5.74) is -0.330. The summed E-state index contributed by atoms with van der Waals surface area (Å²) < 4.78 is 18.8. The lowest BCUT2D eigenvalue weighted by Gasteiger charge is -2.62. The molecular weight excluding hydrogens is 1170 g/mol. The maximum absolute atomic E-state index is 14.1. The molecule has 1 aliphatic heterocycles. The summed E-state index contributed by atoms with van der Waals surface area (Å²) in [5, 5.41) is 104. The van der Waals surface area contributed by atoms with Gasteiger partial charge in [-0.1, -0.05) is 33.6 Å². The highest BCUT2D eigenvalue weighted by atomic mass is 16.6. The van der Waals surface area contributed by atoms with Crippen molar-refractivity contribution in [3.63, 3.8) is 0 Å². The van der Waals surface area contributed by atoms with Crippen LogP contribution in [0.4, 0.5) is 4.79 Å². The Bertz CT molecular complexity index is 2280. The quantitative estimate of drug-likeness (QED) is 0.0306. The number of fused-ring (bicyclic) bond motifs is 5. The number of rotatable bonds is 43. The molecule has 0 bridgehead atoms. The van der Waals surface area contributed by atoms with E-state index in [9.17, 15) is 99.0 Å². The zero-order valence-corrected chi connectivity index (χ0v) is 51.6. The molecule has 5 rings (SSSR count). The van der Waals surface area contributed by atoms with E-state index in [-0.39, 0.29) is 107 Å². The van der Waals surface area contributed by atoms with Crippen molar-refractivity contribution in [2.75, 3.05) is 105 Å². The minimum Gasteiger partial charge on any atom is -0.481 e. The van der Waals surface area contributed by atoms with Crippen molar-refractivity contribution in [2.24, 2.45) is 46.3 Å². The monoisotopic (exact) mass is 1270 g/mol. The van der Waals surface area contributed by atoms with Gasteiger partial charge < -0.3 is 70.2 Å². The van der Waals surface area contributed by atoms with E-state index in [1.165, 1.54) is 0 Å². The first-order valence-corrected chi connectivity index (χ1v) is 31.2. The van der Waals surface area contributed by atoms with Gasteiger partial charge in [0.05, 0.1) is 71.9 Å². The first-order chi connectivity index (χ1) is 42.0. The number of ether oxygens (including phenoxy) is 3. The van der Waals surface area contributed by atoms with Crippen molar-refractivity contribution in [3.05, 3.63) is 0 Å². The van der Waals surface area contributed by atoms with Crippen molar-refractivity contribution in [1.82, 2.24) is 35.1 Å². The van der Waals surface area contributed by atoms with Gasteiger partial charge in [0.25, 0.3) is 0 Å². The first kappa shape index (κ1) is 73.9. The number of unbranched alkanes of at least 4 members (excludes halogenated alkanes) is 2. The minimum absolute atomic E-state index is 0.0116. The summed E-state index contributed by atoms with van der Waals surface area (Å²) in [5.74, 6) is -9.46. The third kappa shape index (κ3) is 21.9. The van der Waals surface area contributed by atoms with Crippen LogP contribution < -0.4 is 10.6 Å². The zero-order valence-electron chi connectivity index (χ0n) is 51.6. The minimum atomic E-state index is -1.32. The molecule has 5 aliphatic rings. The van der Waals surface area contributed by atoms with Crippen LogP contribution in [0.15, 0.2) is 0 Å². The second-order valence-electron chi connectivity index (χ2n) is 25.7. The molecule has 5 fully saturated rings. The Balaban J connectivity index is 1.17. The Labute approximate surface area is 518 Å². The zero-order chi connectivity index (χ0) is 65.8. The Kier molecular flexibility index (Phi) is 29.1. The van der Waals surface area contributed by atoms with E-state index in [2.05, 4.69) is 31.4 Å². The maximum Gasteiger partial charge on any atom is 0.410 e. The molecule has 506 valence electrons. The molecule has 0 spiro atoms. The van der Waals surface area contributed by atoms with Crippen molar-refractivity contribution >= 4 is 59.8 Å². The summed E-state index contributed by atoms with van der Waals surface area (Å²) in [6.07, 6.45) is 6.43. The van der Waals surface area contributed by atoms with Gasteiger partial charge >= 0.3 is 59.8 Å². The number of amides is 1. The van der Waals surface area contributed by atoms with Gasteiger partial charge in [-0.2, -0.15) is 0 Å². The van der Waals surface area contributed by atoms with Crippen LogP contribution >= 0.6 is 0 Å². The highest BCUT2D eigenvalue weighted by molar-refractivity contribution is 5.77. The highest BCUT2D eigenvalue weighted by Crippen LogP contribution is 2.68. The van der Waals surface area contributed by atoms with Crippen molar-refractivity contribution in [3.8, 4) is 0 Å². The molecule has 1 amide bonds. The number of aliphatic carboxylic acids is 9. The van der Waals surface area contributed by atoms with Gasteiger partial charge in [0.1, 0.15) is 30.4 Å². The van der Waals surface area contributed by atoms with E-state index in [0.29, 0.717) is 82.2 Å². The molecule has 30 heteroatoms. The number of nitrogens with zero attached hydrogens (tertiary/aromatic N) is 5. The summed E-state index contributed by atoms with van der Waals surface area (Å²) in [6, 6.07) is -2.55. The molecule has 0 aromatic heterocycles. The van der Waals surface area contributed by atoms with Gasteiger partial charge in [-0.05, 0) is 143 Å². The molecule has 4 aliphatic carbocycles. The van der Waals surface area contributed by atoms with Crippen molar-refractivity contribution < 1.29 is 113 Å². The summed E-state index contributed by atoms with van der Waals surface area (Å²) >= 11 is 0. The predicted molar refractivity (Wildman–Crippen MR) is 312 cm³/mol. The van der Waals surface area contributed by atoms with E-state index in [1.807, 2.05) is 0 Å². The Morgan fingerprint density at radius 3 is 1.46 bits per heavy atom. The van der Waals surface area contributed by atoms with E-state index in [1.54, 1.807) is 4.90 Å². The number of nitrogens with one attached hydrogen (secondary N) is 2. The SMILES string of the molecule is CC(CCC(=O)O)[C@H]1CC[C@@H]2C3CC[C@H]4CC(OC(=O)N5CC(OCNCCCCC(C(=O)O)N(CCN(CC(=O)O)CC(=O)O)CC(=O)O)[C@H](OCNCCCC[C@@H](C(=O)O)N(CCN(CC(=O)O)CC(=O)O)CC(=O)O)C5)CC[C@]4(C)C3C[C@H](O)[C@]12C. The van der Waals surface area contributed by atoms with Crippen LogP contribution in [0.3, 0.4) is 0 Å². The van der Waals surface area contributed by atoms with Crippen LogP contribution in [0.25, 0.3) is 0 Å². The molecule has 89 heavy (non-hydrogen) atoms. The normalized spacial score (nSPS) is 27.6. The fraction of sp³-hybridized carbons (Fsp3) is 0.831. The number of likely N-dealkylation sites (tertiary alicyclic amines) is 1. The standard InChI is InChI=1S/C59H97N7O23/c1-36(10-15-48(68)69)40-13-14-41-39-12-11-37-24-38(16-17-58(37,2)42(39)25-47(67)59(40,41)3)89-57(86)66-26-45(87-34-60-18-6-4-8-43(55(82)83)64(32-53(78)79)22-20-62(28-49(70)71)29-50(72)73)46(27-66)88-35-61-19-7-5-9-44(56(84)85)65(33-54(80)81)23-21-63(30-51(74)75)31-52(76)77/h36-47,60-61,67H,4-35H2,1-3H3,(H,68,69)(H,70,71)(H,72,73)(H,74,75)(H,76,77)(H,78,79)(H,80,81)(H,82,83)(H,84,85)/t36?,37-,38?,39?,40+,41+,42?,43-,44?,45+,46?,47-,58-,59+/m0/s1. The number of carbonyl (C=O) groups is 10. The van der Waals surface area contributed by atoms with Gasteiger partial charge in [0, 0.05) is 32.6 Å². The van der Waals surface area contributed by atoms with Crippen LogP contribution in [0.2, 0.25) is 0 Å². The molecule has 14 atom stereocenters. The molecule has 0 aromatic carbocycles. The molecular formula is C59H97N7O23. The summed E-state index contributed by atoms with van der Waals surface area (Å²) in [4.78, 5) is 125. The molecule has 6 unspecified atom stereocenters. The Morgan fingerprint density at radius 1 is 0.551 bits per heavy atom. The van der Waals surface area contributed by atoms with Gasteiger partial charge in [0.15, 0.2) is 0 Å². The molecule has 12 N–H and O–H groups in total. The number of carbonyl (C=O) groups excluding carboxylic acids is 1. The van der Waals surface area contributed by atoms with Crippen LogP contribution in [-0.2, 0) is 57.4 Å². The van der Waals surface area contributed by atoms with Crippen LogP contribution in [0, 0.1) is 46.3 Å². The molecule has 0 radical (unpaired) electrons. The van der Waals surface area contributed by atoms with Crippen LogP contribution in [0.1, 0.15) is 124 Å². The molecule has 0 aromatic rings. The fourth-order valence-corrected chi connectivity index (χ4v) is 15.6. The second kappa shape index (κ2) is 35.1. The number of hydrogen-bond acceptors (Lipinski definition) is 20. The van der Waals surface area contributed by atoms with Crippen molar-refractivity contribution in [1.29, 1.82) is 0 Å². The Hall–Kier alpha value is -5.86. The average Bonchev–Trinajstić information content (AvgIpc) is 1.70. The molecule has 1 saturated heterocycles. The summed E-state index contributed by atoms with van der Waals surface area (Å²) in [7, 11) is 0. The lowest BCUT2D eigenvalue weighted by molar-refractivity contribution is -0.175. The predicted octanol–water partition coefficient (Wildman–Crippen LogP) is 1.76. The molecule has 30 nitrogen and oxygen atoms in total. The van der Waals surface area contributed by atoms with Crippen LogP contribution in [-0.4, -0.2) is 277 Å². The Morgan fingerprint density at radius 2 is 1.02 bits per heavy atom. The number of aliphatic hydroxyl groups excluding tert-OH is 1. The lowest BCUT2D eigenvalue weighted by Crippen LogP contribution is -2.59. The molecule has 4 saturated carbocycles. The highest BCUT2D eigenvalue weighted by Gasteiger charge is 2.64. The van der Waals surface area contributed by atoms with E-state index >= 15 is 0 Å². The smallest absolute Gasteiger partial charge is 0.410 e. The number of hydrogen-bond donors (Lipinski definition) is 12. The van der Waals surface area contributed by atoms with E-state index < -0.39 is 129 Å². The van der Waals surface area contributed by atoms with Gasteiger partial charge in [-0.25, -0.2) is 4.79 Å². The number of aliphatic hydroxyl groups is 1. The number of carboxylic acids is 9. The second-order valence-corrected chi connectivity index (χ2v) is 25.7. The maximum atomic E-state index is 14.1. The van der Waals surface area contributed by atoms with Gasteiger partial charge in [-0.3, -0.25) is 73.4 Å².